The average Bonchev–Trinajstić information content (AvgIpc) is 2.64. The third-order valence-electron chi connectivity index (χ3n) is 2.68. The average molecular weight is 362 g/mol. The molecule has 2 aromatic rings. The lowest BCUT2D eigenvalue weighted by atomic mass is 10.2. The van der Waals surface area contributed by atoms with Gasteiger partial charge < -0.3 is 19.7 Å². The van der Waals surface area contributed by atoms with Crippen molar-refractivity contribution in [3.05, 3.63) is 47.5 Å². The van der Waals surface area contributed by atoms with Gasteiger partial charge in [0.15, 0.2) is 23.0 Å². The summed E-state index contributed by atoms with van der Waals surface area (Å²) in [6.45, 7) is 4.31. The van der Waals surface area contributed by atoms with Gasteiger partial charge in [-0.05, 0) is 36.4 Å². The highest BCUT2D eigenvalue weighted by Crippen LogP contribution is 2.26. The lowest BCUT2D eigenvalue weighted by molar-refractivity contribution is 0.111. The molecule has 0 bridgehead atoms. The highest BCUT2D eigenvalue weighted by molar-refractivity contribution is 6.31. The van der Waals surface area contributed by atoms with Crippen LogP contribution in [0.4, 0.5) is 0 Å². The first kappa shape index (κ1) is 22.2. The van der Waals surface area contributed by atoms with Gasteiger partial charge in [-0.1, -0.05) is 13.1 Å². The van der Waals surface area contributed by atoms with Crippen LogP contribution in [0.15, 0.2) is 36.4 Å². The molecule has 2 radical (unpaired) electrons. The van der Waals surface area contributed by atoms with Crippen LogP contribution < -0.4 is 9.47 Å². The van der Waals surface area contributed by atoms with E-state index in [1.807, 2.05) is 0 Å². The van der Waals surface area contributed by atoms with Gasteiger partial charge in [0.05, 0.1) is 14.2 Å². The van der Waals surface area contributed by atoms with Gasteiger partial charge in [0.1, 0.15) is 12.6 Å². The van der Waals surface area contributed by atoms with Crippen LogP contribution in [0.3, 0.4) is 0 Å². The number of benzene rings is 2. The quantitative estimate of drug-likeness (QED) is 0.641. The zero-order valence-electron chi connectivity index (χ0n) is 14.6. The monoisotopic (exact) mass is 362 g/mol. The lowest BCUT2D eigenvalue weighted by Gasteiger charge is -2.01. The van der Waals surface area contributed by atoms with Gasteiger partial charge in [-0.15, -0.1) is 0 Å². The Labute approximate surface area is 149 Å². The number of aromatic hydroxyl groups is 2. The van der Waals surface area contributed by atoms with Crippen LogP contribution >= 0.6 is 0 Å². The Morgan fingerprint density at radius 1 is 0.800 bits per heavy atom. The van der Waals surface area contributed by atoms with Crippen LogP contribution in [0, 0.1) is 0 Å². The zero-order valence-corrected chi connectivity index (χ0v) is 15.6. The summed E-state index contributed by atoms with van der Waals surface area (Å²) in [6, 6.07) is 8.82. The van der Waals surface area contributed by atoms with Crippen molar-refractivity contribution >= 4 is 22.1 Å². The van der Waals surface area contributed by atoms with Gasteiger partial charge in [-0.2, -0.15) is 0 Å². The topological polar surface area (TPSA) is 93.1 Å². The van der Waals surface area contributed by atoms with Crippen molar-refractivity contribution in [3.8, 4) is 23.0 Å². The van der Waals surface area contributed by atoms with Crippen molar-refractivity contribution in [2.75, 3.05) is 14.2 Å². The van der Waals surface area contributed by atoms with Crippen molar-refractivity contribution in [1.82, 2.24) is 0 Å². The summed E-state index contributed by atoms with van der Waals surface area (Å²) in [4.78, 5) is 20.5. The van der Waals surface area contributed by atoms with Crippen molar-refractivity contribution in [3.63, 3.8) is 0 Å². The van der Waals surface area contributed by atoms with Crippen molar-refractivity contribution in [2.24, 2.45) is 0 Å². The number of phenols is 2. The summed E-state index contributed by atoms with van der Waals surface area (Å²) in [6.07, 6.45) is 1.39. The summed E-state index contributed by atoms with van der Waals surface area (Å²) in [5.41, 5.74) is 0.972. The Bertz CT molecular complexity index is 615. The Morgan fingerprint density at radius 3 is 1.36 bits per heavy atom. The molecule has 0 saturated carbocycles. The van der Waals surface area contributed by atoms with E-state index in [1.165, 1.54) is 50.6 Å². The number of hydrogen-bond donors (Lipinski definition) is 2. The Hall–Kier alpha value is -2.80. The molecule has 0 fully saturated rings. The molecule has 0 aliphatic rings. The van der Waals surface area contributed by atoms with Crippen molar-refractivity contribution in [2.45, 2.75) is 13.1 Å². The predicted octanol–water partition coefficient (Wildman–Crippen LogP) is 3.21. The van der Waals surface area contributed by atoms with E-state index in [4.69, 9.17) is 19.7 Å². The minimum Gasteiger partial charge on any atom is -0.504 e. The van der Waals surface area contributed by atoms with E-state index < -0.39 is 0 Å². The van der Waals surface area contributed by atoms with Crippen LogP contribution in [-0.2, 0) is 0 Å². The van der Waals surface area contributed by atoms with Crippen molar-refractivity contribution in [1.29, 1.82) is 0 Å². The fraction of sp³-hybridized carbons (Fsp3) is 0.222. The first-order chi connectivity index (χ1) is 12.0. The molecule has 0 aromatic heterocycles. The van der Waals surface area contributed by atoms with Gasteiger partial charge in [-0.3, -0.25) is 9.59 Å². The Balaban J connectivity index is 0.000000399. The van der Waals surface area contributed by atoms with Crippen LogP contribution in [-0.4, -0.2) is 46.5 Å². The second-order valence-electron chi connectivity index (χ2n) is 4.60. The number of ether oxygens (including phenoxy) is 2. The molecular weight excluding hydrogens is 340 g/mol. The Kier molecular flexibility index (Phi) is 11.2. The maximum Gasteiger partial charge on any atom is 0.161 e. The van der Waals surface area contributed by atoms with Gasteiger partial charge in [-0.25, -0.2) is 0 Å². The molecule has 134 valence electrons. The molecule has 0 amide bonds. The number of carbonyl (C=O) groups excluding carboxylic acids is 2. The molecule has 0 unspecified atom stereocenters. The molecule has 0 heterocycles. The summed E-state index contributed by atoms with van der Waals surface area (Å²) in [7, 11) is 3.95. The third kappa shape index (κ3) is 8.03. The number of aldehydes is 2. The maximum absolute atomic E-state index is 10.2. The van der Waals surface area contributed by atoms with E-state index in [2.05, 4.69) is 13.1 Å². The highest BCUT2D eigenvalue weighted by atomic mass is 28.2. The molecule has 2 N–H and O–H groups in total. The van der Waals surface area contributed by atoms with Gasteiger partial charge >= 0.3 is 0 Å². The number of carbonyl (C=O) groups is 2. The van der Waals surface area contributed by atoms with E-state index in [0.717, 1.165) is 9.52 Å². The SMILES string of the molecule is COc1cc(C=O)ccc1O.COc1cc(C=O)ccc1O.C[Si]C. The number of rotatable bonds is 4. The Morgan fingerprint density at radius 2 is 1.12 bits per heavy atom. The van der Waals surface area contributed by atoms with E-state index in [9.17, 15) is 9.59 Å². The third-order valence-corrected chi connectivity index (χ3v) is 2.68. The summed E-state index contributed by atoms with van der Waals surface area (Å²) in [5.74, 6) is 0.709. The molecule has 6 nitrogen and oxygen atoms in total. The molecule has 0 spiro atoms. The highest BCUT2D eigenvalue weighted by Gasteiger charge is 2.01. The standard InChI is InChI=1S/2C8H8O3.C2H6Si/c2*1-11-8-4-6(5-9)2-3-7(8)10;1-3-2/h2*2-5,10H,1H3;1-2H3. The molecule has 2 aromatic carbocycles. The molecule has 2 rings (SSSR count). The maximum atomic E-state index is 10.2. The van der Waals surface area contributed by atoms with Gasteiger partial charge in [0.2, 0.25) is 0 Å². The van der Waals surface area contributed by atoms with E-state index in [1.54, 1.807) is 0 Å². The summed E-state index contributed by atoms with van der Waals surface area (Å²) in [5, 5.41) is 18.2. The molecule has 0 saturated heterocycles. The number of methoxy groups -OCH3 is 2. The molecule has 0 aliphatic heterocycles. The van der Waals surface area contributed by atoms with Gasteiger partial charge in [0.25, 0.3) is 0 Å². The largest absolute Gasteiger partial charge is 0.504 e. The fourth-order valence-corrected chi connectivity index (χ4v) is 1.54. The van der Waals surface area contributed by atoms with Crippen LogP contribution in [0.25, 0.3) is 0 Å². The minimum absolute atomic E-state index is 0.0399. The van der Waals surface area contributed by atoms with Crippen LogP contribution in [0.1, 0.15) is 20.7 Å². The minimum atomic E-state index is 0.0399. The molecule has 0 aliphatic carbocycles. The normalized spacial score (nSPS) is 8.80. The zero-order chi connectivity index (χ0) is 19.2. The number of hydrogen-bond acceptors (Lipinski definition) is 6. The van der Waals surface area contributed by atoms with Crippen molar-refractivity contribution < 1.29 is 29.3 Å². The second-order valence-corrected chi connectivity index (χ2v) is 5.60. The van der Waals surface area contributed by atoms with Crippen LogP contribution in [0.2, 0.25) is 13.1 Å². The van der Waals surface area contributed by atoms with Crippen LogP contribution in [0.5, 0.6) is 23.0 Å². The summed E-state index contributed by atoms with van der Waals surface area (Å²) < 4.78 is 9.56. The predicted molar refractivity (Wildman–Crippen MR) is 97.6 cm³/mol. The molecule has 25 heavy (non-hydrogen) atoms. The van der Waals surface area contributed by atoms with E-state index >= 15 is 0 Å². The number of phenolic OH excluding ortho intramolecular Hbond substituents is 2. The first-order valence-electron chi connectivity index (χ1n) is 7.20. The molecule has 0 atom stereocenters. The summed E-state index contributed by atoms with van der Waals surface area (Å²) >= 11 is 0. The van der Waals surface area contributed by atoms with E-state index in [-0.39, 0.29) is 11.5 Å². The smallest absolute Gasteiger partial charge is 0.161 e. The molecular formula is C18H22O6Si. The van der Waals surface area contributed by atoms with E-state index in [0.29, 0.717) is 35.2 Å². The fourth-order valence-electron chi connectivity index (χ4n) is 1.54. The van der Waals surface area contributed by atoms with Gasteiger partial charge in [0, 0.05) is 20.6 Å². The molecule has 7 heteroatoms. The second kappa shape index (κ2) is 12.6. The first-order valence-corrected chi connectivity index (χ1v) is 9.20. The lowest BCUT2D eigenvalue weighted by Crippen LogP contribution is -1.85.